The molecule has 4 aromatic carbocycles. The number of benzene rings is 4. The van der Waals surface area contributed by atoms with Crippen molar-refractivity contribution in [1.29, 1.82) is 0 Å². The largest absolute Gasteiger partial charge is 0.463 e. The van der Waals surface area contributed by atoms with Crippen molar-refractivity contribution in [2.45, 2.75) is 26.7 Å². The second-order valence-corrected chi connectivity index (χ2v) is 14.2. The number of nitrogens with zero attached hydrogens (tertiary/aromatic N) is 1. The number of rotatable bonds is 11. The molecule has 0 fully saturated rings. The second kappa shape index (κ2) is 14.4. The molecule has 1 aliphatic rings. The van der Waals surface area contributed by atoms with Crippen LogP contribution in [0.1, 0.15) is 32.3 Å². The SMILES string of the molecule is CCOC(=O)C1=C(C)NC(C[P+](c2ccccc2)(c2ccccc2)c2ccccc2)=C(C(=O)OCC)C1c1ccccc1[N+](=O)[O-]. The van der Waals surface area contributed by atoms with E-state index in [-0.39, 0.29) is 35.6 Å². The summed E-state index contributed by atoms with van der Waals surface area (Å²) in [5.41, 5.74) is 1.28. The zero-order valence-corrected chi connectivity index (χ0v) is 26.9. The van der Waals surface area contributed by atoms with Crippen LogP contribution >= 0.6 is 7.26 Å². The Hall–Kier alpha value is -5.07. The molecule has 8 nitrogen and oxygen atoms in total. The Kier molecular flexibility index (Phi) is 10.1. The topological polar surface area (TPSA) is 108 Å². The van der Waals surface area contributed by atoms with Crippen LogP contribution in [0.3, 0.4) is 0 Å². The summed E-state index contributed by atoms with van der Waals surface area (Å²) in [6.45, 7) is 5.30. The summed E-state index contributed by atoms with van der Waals surface area (Å²) in [7, 11) is -2.55. The highest BCUT2D eigenvalue weighted by molar-refractivity contribution is 7.95. The van der Waals surface area contributed by atoms with Gasteiger partial charge >= 0.3 is 11.9 Å². The van der Waals surface area contributed by atoms with Crippen LogP contribution < -0.4 is 21.2 Å². The molecule has 0 aromatic heterocycles. The lowest BCUT2D eigenvalue weighted by atomic mass is 9.79. The predicted molar refractivity (Wildman–Crippen MR) is 182 cm³/mol. The van der Waals surface area contributed by atoms with Gasteiger partial charge in [0.15, 0.2) is 0 Å². The fraction of sp³-hybridized carbons (Fsp3) is 0.189. The number of ether oxygens (including phenoxy) is 2. The van der Waals surface area contributed by atoms with Crippen LogP contribution in [0.5, 0.6) is 0 Å². The maximum Gasteiger partial charge on any atom is 0.336 e. The van der Waals surface area contributed by atoms with Gasteiger partial charge in [-0.1, -0.05) is 72.8 Å². The van der Waals surface area contributed by atoms with Crippen LogP contribution in [0.15, 0.2) is 138 Å². The standard InChI is InChI=1S/C37H35N2O6P/c1-4-44-36(40)33-26(3)38-31(35(37(41)45-5-2)34(33)30-23-15-16-24-32(30)39(42)43)25-46(27-17-9-6-10-18-27,28-19-11-7-12-20-28)29-21-13-8-14-22-29/h6-24,34H,4-5,25H2,1-3H3/p+1. The summed E-state index contributed by atoms with van der Waals surface area (Å²) < 4.78 is 11.1. The van der Waals surface area contributed by atoms with Crippen LogP contribution in [0.25, 0.3) is 0 Å². The molecule has 9 heteroatoms. The molecule has 0 bridgehead atoms. The van der Waals surface area contributed by atoms with Gasteiger partial charge in [-0.25, -0.2) is 9.59 Å². The molecule has 4 aromatic rings. The average Bonchev–Trinajstić information content (AvgIpc) is 3.08. The van der Waals surface area contributed by atoms with E-state index < -0.39 is 30.0 Å². The molecule has 1 atom stereocenters. The molecular weight excluding hydrogens is 599 g/mol. The first kappa shape index (κ1) is 32.3. The summed E-state index contributed by atoms with van der Waals surface area (Å²) in [4.78, 5) is 39.6. The van der Waals surface area contributed by atoms with Gasteiger partial charge in [0.05, 0.1) is 40.9 Å². The Morgan fingerprint density at radius 1 is 0.717 bits per heavy atom. The Labute approximate surface area is 269 Å². The van der Waals surface area contributed by atoms with E-state index in [1.165, 1.54) is 6.07 Å². The van der Waals surface area contributed by atoms with Crippen LogP contribution in [-0.4, -0.2) is 36.2 Å². The molecule has 0 radical (unpaired) electrons. The fourth-order valence-corrected chi connectivity index (χ4v) is 10.4. The molecular formula is C37H36N2O6P+. The molecule has 1 aliphatic heterocycles. The normalized spacial score (nSPS) is 14.8. The number of hydrogen-bond donors (Lipinski definition) is 1. The number of carbonyl (C=O) groups is 2. The molecule has 1 unspecified atom stereocenters. The zero-order chi connectivity index (χ0) is 32.7. The summed E-state index contributed by atoms with van der Waals surface area (Å²) >= 11 is 0. The second-order valence-electron chi connectivity index (χ2n) is 10.7. The van der Waals surface area contributed by atoms with E-state index in [2.05, 4.69) is 41.7 Å². The highest BCUT2D eigenvalue weighted by Crippen LogP contribution is 2.58. The highest BCUT2D eigenvalue weighted by Gasteiger charge is 2.50. The number of hydrogen-bond acceptors (Lipinski definition) is 7. The fourth-order valence-electron chi connectivity index (χ4n) is 6.17. The summed E-state index contributed by atoms with van der Waals surface area (Å²) in [5, 5.41) is 19.0. The molecule has 0 aliphatic carbocycles. The van der Waals surface area contributed by atoms with Crippen molar-refractivity contribution in [1.82, 2.24) is 5.32 Å². The monoisotopic (exact) mass is 635 g/mol. The lowest BCUT2D eigenvalue weighted by Gasteiger charge is -2.34. The van der Waals surface area contributed by atoms with E-state index in [0.717, 1.165) is 15.9 Å². The maximum atomic E-state index is 14.1. The number of nitro benzene ring substituents is 1. The number of para-hydroxylation sites is 1. The van der Waals surface area contributed by atoms with Crippen LogP contribution in [0, 0.1) is 10.1 Å². The summed E-state index contributed by atoms with van der Waals surface area (Å²) in [6, 6.07) is 36.8. The first-order valence-corrected chi connectivity index (χ1v) is 17.1. The third-order valence-corrected chi connectivity index (χ3v) is 12.4. The highest BCUT2D eigenvalue weighted by atomic mass is 31.2. The van der Waals surface area contributed by atoms with E-state index in [4.69, 9.17) is 9.47 Å². The number of esters is 2. The third kappa shape index (κ3) is 6.22. The van der Waals surface area contributed by atoms with Crippen molar-refractivity contribution in [3.8, 4) is 0 Å². The molecule has 1 N–H and O–H groups in total. The number of allylic oxidation sites excluding steroid dienone is 2. The van der Waals surface area contributed by atoms with Gasteiger partial charge in [-0.05, 0) is 57.2 Å². The smallest absolute Gasteiger partial charge is 0.336 e. The molecule has 0 saturated carbocycles. The Bertz CT molecular complexity index is 1690. The lowest BCUT2D eigenvalue weighted by Crippen LogP contribution is -2.39. The van der Waals surface area contributed by atoms with Gasteiger partial charge in [0.2, 0.25) is 0 Å². The number of dihydropyridines is 1. The Morgan fingerprint density at radius 3 is 1.61 bits per heavy atom. The molecule has 46 heavy (non-hydrogen) atoms. The molecule has 1 heterocycles. The molecule has 5 rings (SSSR count). The minimum atomic E-state index is -2.55. The van der Waals surface area contributed by atoms with E-state index in [0.29, 0.717) is 17.6 Å². The van der Waals surface area contributed by atoms with E-state index in [9.17, 15) is 19.7 Å². The van der Waals surface area contributed by atoms with Gasteiger partial charge in [-0.15, -0.1) is 0 Å². The maximum absolute atomic E-state index is 14.1. The van der Waals surface area contributed by atoms with Crippen molar-refractivity contribution in [2.75, 3.05) is 19.4 Å². The third-order valence-electron chi connectivity index (χ3n) is 8.07. The van der Waals surface area contributed by atoms with Crippen LogP contribution in [0.4, 0.5) is 5.69 Å². The number of carbonyl (C=O) groups excluding carboxylic acids is 2. The lowest BCUT2D eigenvalue weighted by molar-refractivity contribution is -0.385. The van der Waals surface area contributed by atoms with E-state index >= 15 is 0 Å². The minimum Gasteiger partial charge on any atom is -0.463 e. The molecule has 234 valence electrons. The van der Waals surface area contributed by atoms with Crippen LogP contribution in [0.2, 0.25) is 0 Å². The summed E-state index contributed by atoms with van der Waals surface area (Å²) in [6.07, 6.45) is 0.351. The van der Waals surface area contributed by atoms with Gasteiger partial charge in [-0.2, -0.15) is 0 Å². The summed E-state index contributed by atoms with van der Waals surface area (Å²) in [5.74, 6) is -2.43. The Morgan fingerprint density at radius 2 is 1.15 bits per heavy atom. The predicted octanol–water partition coefficient (Wildman–Crippen LogP) is 5.93. The zero-order valence-electron chi connectivity index (χ0n) is 26.0. The van der Waals surface area contributed by atoms with Crippen molar-refractivity contribution in [3.63, 3.8) is 0 Å². The van der Waals surface area contributed by atoms with Crippen molar-refractivity contribution >= 4 is 40.8 Å². The van der Waals surface area contributed by atoms with Gasteiger partial charge in [-0.3, -0.25) is 10.1 Å². The average molecular weight is 636 g/mol. The van der Waals surface area contributed by atoms with Crippen LogP contribution in [-0.2, 0) is 19.1 Å². The first-order chi connectivity index (χ1) is 22.3. The molecule has 0 spiro atoms. The number of nitro groups is 1. The van der Waals surface area contributed by atoms with Crippen molar-refractivity contribution < 1.29 is 24.0 Å². The quantitative estimate of drug-likeness (QED) is 0.0942. The van der Waals surface area contributed by atoms with Gasteiger partial charge in [0, 0.05) is 17.3 Å². The van der Waals surface area contributed by atoms with Crippen molar-refractivity contribution in [2.24, 2.45) is 0 Å². The minimum absolute atomic E-state index is 0.0764. The van der Waals surface area contributed by atoms with Gasteiger partial charge in [0.25, 0.3) is 5.69 Å². The first-order valence-electron chi connectivity index (χ1n) is 15.2. The van der Waals surface area contributed by atoms with E-state index in [1.54, 1.807) is 39.0 Å². The molecule has 0 saturated heterocycles. The van der Waals surface area contributed by atoms with Crippen molar-refractivity contribution in [3.05, 3.63) is 153 Å². The number of nitrogens with one attached hydrogen (secondary N) is 1. The van der Waals surface area contributed by atoms with Gasteiger partial charge in [0.1, 0.15) is 29.3 Å². The Balaban J connectivity index is 1.87. The van der Waals surface area contributed by atoms with Gasteiger partial charge < -0.3 is 14.8 Å². The van der Waals surface area contributed by atoms with E-state index in [1.807, 2.05) is 54.6 Å². The molecule has 0 amide bonds.